The number of halogens is 4. The van der Waals surface area contributed by atoms with Crippen molar-refractivity contribution in [2.45, 2.75) is 38.1 Å². The highest BCUT2D eigenvalue weighted by atomic mass is 19.4. The molecule has 2 aromatic carbocycles. The van der Waals surface area contributed by atoms with Crippen molar-refractivity contribution in [1.29, 1.82) is 0 Å². The van der Waals surface area contributed by atoms with Gasteiger partial charge in [-0.05, 0) is 49.6 Å². The van der Waals surface area contributed by atoms with E-state index < -0.39 is 17.6 Å². The first-order chi connectivity index (χ1) is 15.9. The third-order valence-electron chi connectivity index (χ3n) is 6.08. The lowest BCUT2D eigenvalue weighted by Crippen LogP contribution is -2.61. The quantitative estimate of drug-likeness (QED) is 0.397. The van der Waals surface area contributed by atoms with E-state index in [4.69, 9.17) is 4.74 Å². The second kappa shape index (κ2) is 8.15. The van der Waals surface area contributed by atoms with Crippen LogP contribution in [0.15, 0.2) is 76.7 Å². The van der Waals surface area contributed by atoms with Gasteiger partial charge in [0.1, 0.15) is 18.2 Å². The van der Waals surface area contributed by atoms with Crippen molar-refractivity contribution in [3.63, 3.8) is 0 Å². The Balaban J connectivity index is 1.42. The number of nitrogens with zero attached hydrogens (tertiary/aromatic N) is 4. The monoisotopic (exact) mass is 457 g/mol. The maximum absolute atomic E-state index is 14.1. The number of rotatable bonds is 6. The van der Waals surface area contributed by atoms with E-state index in [1.807, 2.05) is 30.7 Å². The van der Waals surface area contributed by atoms with Crippen LogP contribution in [0.4, 0.5) is 23.2 Å². The third kappa shape index (κ3) is 3.93. The minimum Gasteiger partial charge on any atom is -0.489 e. The van der Waals surface area contributed by atoms with Gasteiger partial charge in [-0.1, -0.05) is 6.07 Å². The molecule has 0 spiro atoms. The average molecular weight is 457 g/mol. The van der Waals surface area contributed by atoms with Crippen molar-refractivity contribution in [2.24, 2.45) is 9.98 Å². The van der Waals surface area contributed by atoms with Crippen LogP contribution < -0.4 is 9.75 Å². The number of allylic oxidation sites excluding steroid dienone is 1. The lowest BCUT2D eigenvalue weighted by atomic mass is 9.91. The van der Waals surface area contributed by atoms with E-state index in [1.54, 1.807) is 24.7 Å². The minimum atomic E-state index is -4.55. The van der Waals surface area contributed by atoms with E-state index in [1.165, 1.54) is 0 Å². The molecular weight excluding hydrogens is 436 g/mol. The molecular formula is C24H21F4N4O+. The van der Waals surface area contributed by atoms with E-state index >= 15 is 0 Å². The van der Waals surface area contributed by atoms with Crippen LogP contribution in [0, 0.1) is 5.82 Å². The maximum atomic E-state index is 14.1. The summed E-state index contributed by atoms with van der Waals surface area (Å²) in [4.78, 5) is 8.58. The number of benzene rings is 2. The van der Waals surface area contributed by atoms with Crippen molar-refractivity contribution in [1.82, 2.24) is 0 Å². The molecule has 1 saturated carbocycles. The van der Waals surface area contributed by atoms with Crippen LogP contribution in [-0.4, -0.2) is 23.2 Å². The van der Waals surface area contributed by atoms with Gasteiger partial charge in [0.25, 0.3) is 0 Å². The molecule has 0 aromatic heterocycles. The number of anilines is 1. The second-order valence-electron chi connectivity index (χ2n) is 8.15. The van der Waals surface area contributed by atoms with Gasteiger partial charge < -0.3 is 4.74 Å². The summed E-state index contributed by atoms with van der Waals surface area (Å²) in [7, 11) is 0. The van der Waals surface area contributed by atoms with Crippen LogP contribution in [0.3, 0.4) is 0 Å². The van der Waals surface area contributed by atoms with Gasteiger partial charge in [0.05, 0.1) is 35.9 Å². The predicted octanol–water partition coefficient (Wildman–Crippen LogP) is 5.95. The Labute approximate surface area is 188 Å². The first-order valence-corrected chi connectivity index (χ1v) is 10.6. The lowest BCUT2D eigenvalue weighted by molar-refractivity contribution is -0.746. The van der Waals surface area contributed by atoms with Crippen LogP contribution in [0.5, 0.6) is 5.75 Å². The molecule has 3 aliphatic rings. The van der Waals surface area contributed by atoms with Crippen LogP contribution >= 0.6 is 0 Å². The molecule has 1 atom stereocenters. The number of hydrogen-bond donors (Lipinski definition) is 0. The van der Waals surface area contributed by atoms with Gasteiger partial charge in [0.2, 0.25) is 12.0 Å². The first-order valence-electron chi connectivity index (χ1n) is 10.6. The van der Waals surface area contributed by atoms with Gasteiger partial charge >= 0.3 is 6.18 Å². The van der Waals surface area contributed by atoms with Gasteiger partial charge in [0, 0.05) is 11.6 Å². The van der Waals surface area contributed by atoms with E-state index in [9.17, 15) is 17.6 Å². The number of fused-ring (bicyclic) bond motifs is 1. The van der Waals surface area contributed by atoms with Crippen molar-refractivity contribution in [3.8, 4) is 5.75 Å². The summed E-state index contributed by atoms with van der Waals surface area (Å²) in [6.07, 6.45) is 7.68. The molecule has 0 N–H and O–H groups in total. The van der Waals surface area contributed by atoms with Gasteiger partial charge in [0.15, 0.2) is 6.20 Å². The summed E-state index contributed by atoms with van der Waals surface area (Å²) in [6, 6.07) is 9.89. The van der Waals surface area contributed by atoms with E-state index in [0.29, 0.717) is 5.75 Å². The molecule has 1 aliphatic carbocycles. The first kappa shape index (κ1) is 21.4. The molecule has 0 amide bonds. The molecule has 170 valence electrons. The van der Waals surface area contributed by atoms with Crippen molar-refractivity contribution in [2.75, 3.05) is 5.01 Å². The maximum Gasteiger partial charge on any atom is 0.416 e. The zero-order chi connectivity index (χ0) is 23.1. The normalized spacial score (nSPS) is 21.5. The molecule has 5 nitrogen and oxygen atoms in total. The number of quaternary nitrogens is 1. The van der Waals surface area contributed by atoms with Crippen LogP contribution in [0.25, 0.3) is 0 Å². The minimum absolute atomic E-state index is 0.153. The summed E-state index contributed by atoms with van der Waals surface area (Å²) in [5, 5.41) is 2.23. The predicted molar refractivity (Wildman–Crippen MR) is 117 cm³/mol. The Morgan fingerprint density at radius 3 is 2.70 bits per heavy atom. The Hall–Kier alpha value is -3.46. The highest BCUT2D eigenvalue weighted by Crippen LogP contribution is 2.40. The molecule has 1 unspecified atom stereocenters. The van der Waals surface area contributed by atoms with Crippen LogP contribution in [0.1, 0.15) is 30.4 Å². The highest BCUT2D eigenvalue weighted by Gasteiger charge is 2.46. The SMILES string of the molecule is Fc1ccc(C(F)(F)F)cc1COc1cccc(N(C2CCC2)[N+]23C=CN=CC2=CN=C3)c1. The fourth-order valence-corrected chi connectivity index (χ4v) is 4.17. The molecule has 2 aliphatic heterocycles. The van der Waals surface area contributed by atoms with Gasteiger partial charge in [-0.15, -0.1) is 4.59 Å². The molecule has 5 rings (SSSR count). The topological polar surface area (TPSA) is 37.2 Å². The highest BCUT2D eigenvalue weighted by molar-refractivity contribution is 5.82. The van der Waals surface area contributed by atoms with E-state index in [0.717, 1.165) is 48.8 Å². The summed E-state index contributed by atoms with van der Waals surface area (Å²) >= 11 is 0. The van der Waals surface area contributed by atoms with Gasteiger partial charge in [-0.25, -0.2) is 14.4 Å². The Morgan fingerprint density at radius 1 is 1.09 bits per heavy atom. The molecule has 33 heavy (non-hydrogen) atoms. The summed E-state index contributed by atoms with van der Waals surface area (Å²) in [6.45, 7) is -0.318. The fourth-order valence-electron chi connectivity index (χ4n) is 4.17. The summed E-state index contributed by atoms with van der Waals surface area (Å²) in [5.41, 5.74) is 0.706. The molecule has 9 heteroatoms. The number of aliphatic imine (C=N–C) groups is 2. The molecule has 0 saturated heterocycles. The molecule has 2 heterocycles. The zero-order valence-corrected chi connectivity index (χ0v) is 17.5. The summed E-state index contributed by atoms with van der Waals surface area (Å²) < 4.78 is 59.1. The summed E-state index contributed by atoms with van der Waals surface area (Å²) in [5.74, 6) is -0.308. The largest absolute Gasteiger partial charge is 0.489 e. The van der Waals surface area contributed by atoms with Crippen molar-refractivity contribution in [3.05, 3.63) is 83.7 Å². The Morgan fingerprint density at radius 2 is 1.94 bits per heavy atom. The standard InChI is InChI=1S/C24H21F4N4O/c25-23-8-7-18(24(26,27)28)11-17(23)15-33-22-6-2-5-20(12-22)31(19-3-1-4-19)32-10-9-29-13-21(32)14-30-16-32/h2,5-14,16,19H,1,3-4,15H2/q+1. The Bertz CT molecular complexity index is 1180. The molecule has 0 bridgehead atoms. The molecule has 2 aromatic rings. The van der Waals surface area contributed by atoms with Gasteiger partial charge in [-0.3, -0.25) is 4.99 Å². The van der Waals surface area contributed by atoms with Crippen molar-refractivity contribution >= 4 is 18.2 Å². The number of ether oxygens (including phenoxy) is 1. The third-order valence-corrected chi connectivity index (χ3v) is 6.08. The Kier molecular flexibility index (Phi) is 5.28. The van der Waals surface area contributed by atoms with E-state index in [2.05, 4.69) is 15.0 Å². The number of alkyl halides is 3. The number of hydrogen-bond acceptors (Lipinski definition) is 4. The van der Waals surface area contributed by atoms with Crippen molar-refractivity contribution < 1.29 is 26.9 Å². The smallest absolute Gasteiger partial charge is 0.416 e. The zero-order valence-electron chi connectivity index (χ0n) is 17.5. The second-order valence-corrected chi connectivity index (χ2v) is 8.15. The van der Waals surface area contributed by atoms with Crippen LogP contribution in [0.2, 0.25) is 0 Å². The fraction of sp³-hybridized carbons (Fsp3) is 0.250. The van der Waals surface area contributed by atoms with Crippen LogP contribution in [-0.2, 0) is 12.8 Å². The average Bonchev–Trinajstić information content (AvgIpc) is 3.19. The van der Waals surface area contributed by atoms with Gasteiger partial charge in [-0.2, -0.15) is 13.2 Å². The molecule has 1 fully saturated rings. The lowest BCUT2D eigenvalue weighted by Gasteiger charge is -2.46. The molecule has 0 radical (unpaired) electrons. The van der Waals surface area contributed by atoms with E-state index in [-0.39, 0.29) is 22.8 Å².